The second-order valence-corrected chi connectivity index (χ2v) is 8.50. The zero-order valence-electron chi connectivity index (χ0n) is 17.1. The molecule has 4 rings (SSSR count). The van der Waals surface area contributed by atoms with Gasteiger partial charge in [0.15, 0.2) is 0 Å². The number of amides is 2. The first-order valence-corrected chi connectivity index (χ1v) is 11.1. The molecule has 2 heterocycles. The van der Waals surface area contributed by atoms with Crippen LogP contribution in [0.1, 0.15) is 44.9 Å². The maximum atomic E-state index is 13.3. The molecule has 2 unspecified atom stereocenters. The average Bonchev–Trinajstić information content (AvgIpc) is 2.80. The summed E-state index contributed by atoms with van der Waals surface area (Å²) < 4.78 is 0. The predicted octanol–water partition coefficient (Wildman–Crippen LogP) is 2.76. The lowest BCUT2D eigenvalue weighted by atomic mass is 9.80. The summed E-state index contributed by atoms with van der Waals surface area (Å²) in [5.74, 6) is 0.712. The quantitative estimate of drug-likeness (QED) is 0.795. The summed E-state index contributed by atoms with van der Waals surface area (Å²) in [7, 11) is 0. The Balaban J connectivity index is 1.35. The van der Waals surface area contributed by atoms with E-state index < -0.39 is 0 Å². The molecule has 0 aromatic carbocycles. The van der Waals surface area contributed by atoms with Crippen molar-refractivity contribution in [1.29, 1.82) is 0 Å². The number of piperazine rings is 1. The van der Waals surface area contributed by atoms with E-state index in [2.05, 4.69) is 27.4 Å². The highest BCUT2D eigenvalue weighted by molar-refractivity contribution is 5.88. The maximum absolute atomic E-state index is 13.3. The normalized spacial score (nSPS) is 25.7. The van der Waals surface area contributed by atoms with Gasteiger partial charge in [0.1, 0.15) is 5.82 Å². The minimum atomic E-state index is -0.233. The van der Waals surface area contributed by atoms with Gasteiger partial charge in [0.05, 0.1) is 11.8 Å². The largest absolute Gasteiger partial charge is 0.353 e. The van der Waals surface area contributed by atoms with Crippen molar-refractivity contribution in [3.05, 3.63) is 36.5 Å². The van der Waals surface area contributed by atoms with Gasteiger partial charge in [-0.2, -0.15) is 0 Å². The van der Waals surface area contributed by atoms with Crippen LogP contribution >= 0.6 is 0 Å². The maximum Gasteiger partial charge on any atom is 0.226 e. The molecule has 3 aliphatic rings. The lowest BCUT2D eigenvalue weighted by Crippen LogP contribution is -2.53. The van der Waals surface area contributed by atoms with E-state index in [1.807, 2.05) is 23.1 Å². The van der Waals surface area contributed by atoms with Gasteiger partial charge in [-0.1, -0.05) is 37.5 Å². The highest BCUT2D eigenvalue weighted by Crippen LogP contribution is 2.29. The van der Waals surface area contributed by atoms with Gasteiger partial charge in [-0.15, -0.1) is 0 Å². The van der Waals surface area contributed by atoms with Crippen LogP contribution in [0, 0.1) is 11.8 Å². The second-order valence-electron chi connectivity index (χ2n) is 8.50. The number of nitrogens with zero attached hydrogens (tertiary/aromatic N) is 3. The van der Waals surface area contributed by atoms with Gasteiger partial charge < -0.3 is 15.1 Å². The van der Waals surface area contributed by atoms with E-state index in [1.54, 1.807) is 6.20 Å². The molecule has 1 saturated carbocycles. The van der Waals surface area contributed by atoms with Gasteiger partial charge in [0, 0.05) is 38.4 Å². The number of carbonyl (C=O) groups is 2. The van der Waals surface area contributed by atoms with E-state index >= 15 is 0 Å². The average molecular weight is 397 g/mol. The van der Waals surface area contributed by atoms with Crippen LogP contribution in [0.3, 0.4) is 0 Å². The third-order valence-electron chi connectivity index (χ3n) is 6.60. The van der Waals surface area contributed by atoms with E-state index in [1.165, 1.54) is 19.3 Å². The van der Waals surface area contributed by atoms with Crippen LogP contribution in [-0.4, -0.2) is 53.9 Å². The van der Waals surface area contributed by atoms with Crippen molar-refractivity contribution >= 4 is 17.6 Å². The Morgan fingerprint density at radius 3 is 2.34 bits per heavy atom. The number of allylic oxidation sites excluding steroid dienone is 2. The topological polar surface area (TPSA) is 65.5 Å². The first-order chi connectivity index (χ1) is 14.2. The molecule has 0 radical (unpaired) electrons. The van der Waals surface area contributed by atoms with E-state index in [9.17, 15) is 9.59 Å². The van der Waals surface area contributed by atoms with Gasteiger partial charge in [-0.3, -0.25) is 9.59 Å². The zero-order valence-corrected chi connectivity index (χ0v) is 17.1. The van der Waals surface area contributed by atoms with Gasteiger partial charge in [-0.05, 0) is 37.8 Å². The Labute approximate surface area is 173 Å². The zero-order chi connectivity index (χ0) is 20.1. The molecule has 1 aromatic rings. The molecule has 2 amide bonds. The summed E-state index contributed by atoms with van der Waals surface area (Å²) in [5, 5.41) is 3.24. The number of aromatic nitrogens is 1. The standard InChI is InChI=1S/C23H32N4O2/c28-22(25-18-8-2-1-3-9-18)19-10-4-5-11-20(19)23(29)27-16-14-26(15-17-27)21-12-6-7-13-24-21/h4-7,12-13,18-20H,1-3,8-11,14-17H2,(H,25,28). The first-order valence-electron chi connectivity index (χ1n) is 11.1. The highest BCUT2D eigenvalue weighted by atomic mass is 16.2. The van der Waals surface area contributed by atoms with Crippen molar-refractivity contribution in [2.45, 2.75) is 51.0 Å². The molecule has 1 aromatic heterocycles. The fraction of sp³-hybridized carbons (Fsp3) is 0.609. The summed E-state index contributed by atoms with van der Waals surface area (Å²) in [4.78, 5) is 34.8. The first kappa shape index (κ1) is 19.9. The van der Waals surface area contributed by atoms with Crippen molar-refractivity contribution in [2.75, 3.05) is 31.1 Å². The lowest BCUT2D eigenvalue weighted by molar-refractivity contribution is -0.142. The number of hydrogen-bond donors (Lipinski definition) is 1. The number of hydrogen-bond acceptors (Lipinski definition) is 4. The lowest BCUT2D eigenvalue weighted by Gasteiger charge is -2.38. The molecule has 6 heteroatoms. The molecular formula is C23H32N4O2. The summed E-state index contributed by atoms with van der Waals surface area (Å²) in [6.07, 6.45) is 13.1. The van der Waals surface area contributed by atoms with Gasteiger partial charge in [0.2, 0.25) is 11.8 Å². The van der Waals surface area contributed by atoms with Gasteiger partial charge in [-0.25, -0.2) is 4.98 Å². The van der Waals surface area contributed by atoms with Crippen molar-refractivity contribution in [3.63, 3.8) is 0 Å². The van der Waals surface area contributed by atoms with E-state index in [-0.39, 0.29) is 23.7 Å². The summed E-state index contributed by atoms with van der Waals surface area (Å²) in [6.45, 7) is 2.94. The summed E-state index contributed by atoms with van der Waals surface area (Å²) in [6, 6.07) is 6.21. The molecule has 2 fully saturated rings. The van der Waals surface area contributed by atoms with E-state index in [0.29, 0.717) is 32.0 Å². The predicted molar refractivity (Wildman–Crippen MR) is 113 cm³/mol. The number of pyridine rings is 1. The molecule has 2 aliphatic carbocycles. The fourth-order valence-corrected chi connectivity index (χ4v) is 4.86. The smallest absolute Gasteiger partial charge is 0.226 e. The van der Waals surface area contributed by atoms with Crippen LogP contribution in [0.25, 0.3) is 0 Å². The summed E-state index contributed by atoms with van der Waals surface area (Å²) >= 11 is 0. The number of rotatable bonds is 4. The molecule has 6 nitrogen and oxygen atoms in total. The Bertz CT molecular complexity index is 722. The third kappa shape index (κ3) is 4.80. The number of nitrogens with one attached hydrogen (secondary N) is 1. The Kier molecular flexibility index (Phi) is 6.47. The molecular weight excluding hydrogens is 364 g/mol. The van der Waals surface area contributed by atoms with Gasteiger partial charge >= 0.3 is 0 Å². The summed E-state index contributed by atoms with van der Waals surface area (Å²) in [5.41, 5.74) is 0. The van der Waals surface area contributed by atoms with E-state index in [0.717, 1.165) is 31.7 Å². The van der Waals surface area contributed by atoms with Crippen molar-refractivity contribution < 1.29 is 9.59 Å². The molecule has 156 valence electrons. The molecule has 1 aliphatic heterocycles. The van der Waals surface area contributed by atoms with Crippen molar-refractivity contribution in [2.24, 2.45) is 11.8 Å². The molecule has 1 N–H and O–H groups in total. The monoisotopic (exact) mass is 396 g/mol. The number of anilines is 1. The van der Waals surface area contributed by atoms with Crippen LogP contribution in [0.2, 0.25) is 0 Å². The SMILES string of the molecule is O=C(NC1CCCCC1)C1CC=CCC1C(=O)N1CCN(c2ccccn2)CC1. The van der Waals surface area contributed by atoms with Crippen molar-refractivity contribution in [1.82, 2.24) is 15.2 Å². The van der Waals surface area contributed by atoms with Crippen LogP contribution < -0.4 is 10.2 Å². The minimum Gasteiger partial charge on any atom is -0.353 e. The molecule has 2 atom stereocenters. The van der Waals surface area contributed by atoms with Crippen LogP contribution in [0.15, 0.2) is 36.5 Å². The van der Waals surface area contributed by atoms with Crippen LogP contribution in [0.5, 0.6) is 0 Å². The van der Waals surface area contributed by atoms with E-state index in [4.69, 9.17) is 0 Å². The Morgan fingerprint density at radius 1 is 0.931 bits per heavy atom. The number of carbonyl (C=O) groups excluding carboxylic acids is 2. The third-order valence-corrected chi connectivity index (χ3v) is 6.60. The van der Waals surface area contributed by atoms with Gasteiger partial charge in [0.25, 0.3) is 0 Å². The molecule has 1 saturated heterocycles. The molecule has 29 heavy (non-hydrogen) atoms. The Morgan fingerprint density at radius 2 is 1.66 bits per heavy atom. The molecule has 0 spiro atoms. The van der Waals surface area contributed by atoms with Crippen LogP contribution in [0.4, 0.5) is 5.82 Å². The highest BCUT2D eigenvalue weighted by Gasteiger charge is 2.37. The molecule has 0 bridgehead atoms. The fourth-order valence-electron chi connectivity index (χ4n) is 4.86. The minimum absolute atomic E-state index is 0.0757. The van der Waals surface area contributed by atoms with Crippen molar-refractivity contribution in [3.8, 4) is 0 Å². The Hall–Kier alpha value is -2.37. The van der Waals surface area contributed by atoms with Crippen LogP contribution in [-0.2, 0) is 9.59 Å². The second kappa shape index (κ2) is 9.42.